The zero-order chi connectivity index (χ0) is 23.6. The number of anilines is 2. The highest BCUT2D eigenvalue weighted by Gasteiger charge is 2.22. The van der Waals surface area contributed by atoms with Crippen molar-refractivity contribution in [3.05, 3.63) is 47.4 Å². The molecule has 0 saturated carbocycles. The minimum absolute atomic E-state index is 0.00852. The van der Waals surface area contributed by atoms with E-state index in [9.17, 15) is 14.0 Å². The first-order valence-electron chi connectivity index (χ1n) is 10.8. The van der Waals surface area contributed by atoms with Gasteiger partial charge in [-0.05, 0) is 12.5 Å². The summed E-state index contributed by atoms with van der Waals surface area (Å²) in [5.74, 6) is -0.375. The molecule has 10 nitrogen and oxygen atoms in total. The van der Waals surface area contributed by atoms with E-state index in [-0.39, 0.29) is 29.7 Å². The SMILES string of the molecule is COCCCNC(=O)CN1CCN(c2ncc(C(=O)NCc3ccccc3F)c(N)n2)CC1. The number of halogens is 1. The molecule has 2 aromatic rings. The highest BCUT2D eigenvalue weighted by Crippen LogP contribution is 2.16. The Labute approximate surface area is 192 Å². The van der Waals surface area contributed by atoms with E-state index in [1.807, 2.05) is 4.90 Å². The predicted octanol–water partition coefficient (Wildman–Crippen LogP) is 0.403. The summed E-state index contributed by atoms with van der Waals surface area (Å²) in [4.78, 5) is 37.1. The van der Waals surface area contributed by atoms with Crippen molar-refractivity contribution in [2.75, 3.05) is 63.6 Å². The minimum Gasteiger partial charge on any atom is -0.385 e. The minimum atomic E-state index is -0.469. The Morgan fingerprint density at radius 1 is 1.18 bits per heavy atom. The number of ether oxygens (including phenoxy) is 1. The third-order valence-corrected chi connectivity index (χ3v) is 5.32. The van der Waals surface area contributed by atoms with Gasteiger partial charge in [0.15, 0.2) is 0 Å². The van der Waals surface area contributed by atoms with Gasteiger partial charge in [-0.2, -0.15) is 4.98 Å². The van der Waals surface area contributed by atoms with Crippen LogP contribution in [0.4, 0.5) is 16.2 Å². The molecule has 0 radical (unpaired) electrons. The van der Waals surface area contributed by atoms with E-state index in [0.717, 1.165) is 6.42 Å². The van der Waals surface area contributed by atoms with Crippen molar-refractivity contribution in [3.8, 4) is 0 Å². The van der Waals surface area contributed by atoms with E-state index in [4.69, 9.17) is 10.5 Å². The topological polar surface area (TPSA) is 126 Å². The first-order chi connectivity index (χ1) is 16.0. The van der Waals surface area contributed by atoms with Crippen LogP contribution in [0.15, 0.2) is 30.5 Å². The lowest BCUT2D eigenvalue weighted by molar-refractivity contribution is -0.122. The number of piperazine rings is 1. The van der Waals surface area contributed by atoms with Crippen LogP contribution in [0.3, 0.4) is 0 Å². The van der Waals surface area contributed by atoms with Crippen LogP contribution in [0.2, 0.25) is 0 Å². The average Bonchev–Trinajstić information content (AvgIpc) is 2.81. The van der Waals surface area contributed by atoms with E-state index >= 15 is 0 Å². The highest BCUT2D eigenvalue weighted by atomic mass is 19.1. The lowest BCUT2D eigenvalue weighted by atomic mass is 10.2. The summed E-state index contributed by atoms with van der Waals surface area (Å²) >= 11 is 0. The Balaban J connectivity index is 1.47. The number of nitrogens with zero attached hydrogens (tertiary/aromatic N) is 4. The van der Waals surface area contributed by atoms with Crippen LogP contribution in [-0.2, 0) is 16.1 Å². The van der Waals surface area contributed by atoms with Crippen molar-refractivity contribution in [3.63, 3.8) is 0 Å². The summed E-state index contributed by atoms with van der Waals surface area (Å²) in [7, 11) is 1.63. The Morgan fingerprint density at radius 2 is 1.94 bits per heavy atom. The van der Waals surface area contributed by atoms with Crippen molar-refractivity contribution in [2.24, 2.45) is 0 Å². The molecule has 1 aliphatic rings. The lowest BCUT2D eigenvalue weighted by Crippen LogP contribution is -2.50. The van der Waals surface area contributed by atoms with Gasteiger partial charge in [0.2, 0.25) is 11.9 Å². The maximum Gasteiger partial charge on any atom is 0.256 e. The monoisotopic (exact) mass is 459 g/mol. The largest absolute Gasteiger partial charge is 0.385 e. The number of carbonyl (C=O) groups excluding carboxylic acids is 2. The molecule has 1 aliphatic heterocycles. The van der Waals surface area contributed by atoms with Crippen LogP contribution >= 0.6 is 0 Å². The maximum atomic E-state index is 13.7. The molecule has 3 rings (SSSR count). The Kier molecular flexibility index (Phi) is 8.90. The fourth-order valence-electron chi connectivity index (χ4n) is 3.43. The third-order valence-electron chi connectivity index (χ3n) is 5.32. The number of nitrogens with two attached hydrogens (primary N) is 1. The zero-order valence-corrected chi connectivity index (χ0v) is 18.7. The zero-order valence-electron chi connectivity index (χ0n) is 18.7. The summed E-state index contributed by atoms with van der Waals surface area (Å²) in [6.07, 6.45) is 2.17. The number of methoxy groups -OCH3 is 1. The number of rotatable bonds is 10. The van der Waals surface area contributed by atoms with Crippen LogP contribution < -0.4 is 21.3 Å². The molecule has 0 spiro atoms. The normalized spacial score (nSPS) is 14.2. The van der Waals surface area contributed by atoms with Gasteiger partial charge in [-0.3, -0.25) is 14.5 Å². The number of hydrogen-bond acceptors (Lipinski definition) is 8. The fourth-order valence-corrected chi connectivity index (χ4v) is 3.43. The number of nitrogens with one attached hydrogen (secondary N) is 2. The van der Waals surface area contributed by atoms with Gasteiger partial charge in [-0.25, -0.2) is 9.37 Å². The molecule has 178 valence electrons. The Morgan fingerprint density at radius 3 is 2.64 bits per heavy atom. The quantitative estimate of drug-likeness (QED) is 0.436. The van der Waals surface area contributed by atoms with Gasteiger partial charge in [0, 0.05) is 64.7 Å². The molecular weight excluding hydrogens is 429 g/mol. The second kappa shape index (κ2) is 12.1. The van der Waals surface area contributed by atoms with E-state index in [1.165, 1.54) is 12.3 Å². The Hall–Kier alpha value is -3.31. The van der Waals surface area contributed by atoms with Crippen LogP contribution in [0.25, 0.3) is 0 Å². The van der Waals surface area contributed by atoms with Gasteiger partial charge in [0.25, 0.3) is 5.91 Å². The summed E-state index contributed by atoms with van der Waals surface area (Å²) in [6.45, 7) is 4.22. The Bertz CT molecular complexity index is 951. The van der Waals surface area contributed by atoms with Crippen LogP contribution in [0.5, 0.6) is 0 Å². The van der Waals surface area contributed by atoms with Crippen LogP contribution in [0.1, 0.15) is 22.3 Å². The number of aromatic nitrogens is 2. The number of nitrogen functional groups attached to an aromatic ring is 1. The van der Waals surface area contributed by atoms with Crippen LogP contribution in [0, 0.1) is 5.82 Å². The molecule has 1 aromatic heterocycles. The molecule has 0 bridgehead atoms. The third kappa shape index (κ3) is 7.09. The van der Waals surface area contributed by atoms with E-state index in [2.05, 4.69) is 25.5 Å². The van der Waals surface area contributed by atoms with Crippen molar-refractivity contribution in [1.82, 2.24) is 25.5 Å². The number of benzene rings is 1. The van der Waals surface area contributed by atoms with Gasteiger partial charge >= 0.3 is 0 Å². The van der Waals surface area contributed by atoms with Gasteiger partial charge in [0.05, 0.1) is 12.1 Å². The summed E-state index contributed by atoms with van der Waals surface area (Å²) in [5.41, 5.74) is 6.52. The van der Waals surface area contributed by atoms with Gasteiger partial charge in [-0.1, -0.05) is 18.2 Å². The lowest BCUT2D eigenvalue weighted by Gasteiger charge is -2.34. The number of carbonyl (C=O) groups is 2. The van der Waals surface area contributed by atoms with Crippen molar-refractivity contribution >= 4 is 23.6 Å². The highest BCUT2D eigenvalue weighted by molar-refractivity contribution is 5.98. The molecule has 33 heavy (non-hydrogen) atoms. The molecule has 4 N–H and O–H groups in total. The number of amides is 2. The molecule has 0 atom stereocenters. The standard InChI is InChI=1S/C22H30FN7O3/c1-33-12-4-7-25-19(31)15-29-8-10-30(11-9-29)22-27-14-17(20(24)28-22)21(32)26-13-16-5-2-3-6-18(16)23/h2-3,5-6,14H,4,7-13,15H2,1H3,(H,25,31)(H,26,32)(H2,24,27,28). The molecule has 1 fully saturated rings. The predicted molar refractivity (Wildman–Crippen MR) is 122 cm³/mol. The first-order valence-corrected chi connectivity index (χ1v) is 10.8. The van der Waals surface area contributed by atoms with Crippen molar-refractivity contribution in [1.29, 1.82) is 0 Å². The fraction of sp³-hybridized carbons (Fsp3) is 0.455. The van der Waals surface area contributed by atoms with E-state index < -0.39 is 5.91 Å². The molecule has 1 saturated heterocycles. The first kappa shape index (κ1) is 24.3. The molecule has 11 heteroatoms. The molecule has 2 amide bonds. The van der Waals surface area contributed by atoms with Crippen molar-refractivity contribution in [2.45, 2.75) is 13.0 Å². The van der Waals surface area contributed by atoms with Gasteiger partial charge in [-0.15, -0.1) is 0 Å². The van der Waals surface area contributed by atoms with Crippen LogP contribution in [-0.4, -0.2) is 79.7 Å². The molecule has 0 unspecified atom stereocenters. The average molecular weight is 460 g/mol. The molecule has 1 aromatic carbocycles. The summed E-state index contributed by atoms with van der Waals surface area (Å²) in [6, 6.07) is 6.22. The van der Waals surface area contributed by atoms with Gasteiger partial charge < -0.3 is 26.0 Å². The summed E-state index contributed by atoms with van der Waals surface area (Å²) in [5, 5.41) is 5.52. The molecule has 2 heterocycles. The molecular formula is C22H30FN7O3. The van der Waals surface area contributed by atoms with Crippen molar-refractivity contribution < 1.29 is 18.7 Å². The summed E-state index contributed by atoms with van der Waals surface area (Å²) < 4.78 is 18.7. The second-order valence-corrected chi connectivity index (χ2v) is 7.70. The molecule has 0 aliphatic carbocycles. The number of hydrogen-bond donors (Lipinski definition) is 3. The van der Waals surface area contributed by atoms with E-state index in [0.29, 0.717) is 57.4 Å². The maximum absolute atomic E-state index is 13.7. The second-order valence-electron chi connectivity index (χ2n) is 7.70. The van der Waals surface area contributed by atoms with Gasteiger partial charge in [0.1, 0.15) is 11.6 Å². The smallest absolute Gasteiger partial charge is 0.256 e. The van der Waals surface area contributed by atoms with E-state index in [1.54, 1.807) is 25.3 Å².